The zero-order chi connectivity index (χ0) is 25.2. The van der Waals surface area contributed by atoms with Gasteiger partial charge >= 0.3 is 0 Å². The highest BCUT2D eigenvalue weighted by Crippen LogP contribution is 2.21. The van der Waals surface area contributed by atoms with E-state index in [1.807, 2.05) is 31.2 Å². The van der Waals surface area contributed by atoms with E-state index >= 15 is 0 Å². The highest BCUT2D eigenvalue weighted by atomic mass is 16.5. The number of hydrogen-bond acceptors (Lipinski definition) is 3. The van der Waals surface area contributed by atoms with E-state index < -0.39 is 6.04 Å². The molecule has 2 aromatic rings. The molecule has 1 aliphatic carbocycles. The molecule has 5 heteroatoms. The molecule has 0 saturated heterocycles. The Morgan fingerprint density at radius 2 is 1.74 bits per heavy atom. The summed E-state index contributed by atoms with van der Waals surface area (Å²) in [6, 6.07) is 16.0. The van der Waals surface area contributed by atoms with Crippen LogP contribution in [-0.4, -0.2) is 35.9 Å². The Hall–Kier alpha value is -2.82. The van der Waals surface area contributed by atoms with Gasteiger partial charge in [-0.15, -0.1) is 0 Å². The lowest BCUT2D eigenvalue weighted by atomic mass is 9.95. The maximum absolute atomic E-state index is 13.6. The molecule has 0 aliphatic heterocycles. The van der Waals surface area contributed by atoms with Crippen LogP contribution < -0.4 is 10.1 Å². The van der Waals surface area contributed by atoms with Crippen molar-refractivity contribution in [1.82, 2.24) is 10.2 Å². The molecule has 3 rings (SSSR count). The third kappa shape index (κ3) is 7.84. The molecular weight excluding hydrogens is 436 g/mol. The van der Waals surface area contributed by atoms with Crippen LogP contribution in [0, 0.1) is 0 Å². The molecule has 5 nitrogen and oxygen atoms in total. The fourth-order valence-corrected chi connectivity index (χ4v) is 4.90. The Morgan fingerprint density at radius 3 is 2.37 bits per heavy atom. The molecule has 0 heterocycles. The Balaban J connectivity index is 1.75. The summed E-state index contributed by atoms with van der Waals surface area (Å²) in [7, 11) is 1.64. The molecule has 2 amide bonds. The van der Waals surface area contributed by atoms with Crippen molar-refractivity contribution < 1.29 is 14.3 Å². The van der Waals surface area contributed by atoms with Crippen LogP contribution in [0.25, 0.3) is 0 Å². The van der Waals surface area contributed by atoms with Crippen LogP contribution in [0.5, 0.6) is 5.75 Å². The summed E-state index contributed by atoms with van der Waals surface area (Å²) in [5, 5.41) is 3.25. The van der Waals surface area contributed by atoms with Crippen LogP contribution in [0.2, 0.25) is 0 Å². The standard InChI is InChI=1S/C30H42N2O3/c1-5-28(30(34)31-26-11-7-6-8-12-26)32(21-24-10-9-13-27(20-24)35-4)29(33)19-16-23-14-17-25(18-15-23)22(2)3/h9-10,13-15,17-18,20,22,26,28H,5-8,11-12,16,19,21H2,1-4H3,(H,31,34). The third-order valence-electron chi connectivity index (χ3n) is 7.10. The van der Waals surface area contributed by atoms with E-state index in [4.69, 9.17) is 4.74 Å². The first-order valence-corrected chi connectivity index (χ1v) is 13.2. The fourth-order valence-electron chi connectivity index (χ4n) is 4.90. The molecule has 1 atom stereocenters. The van der Waals surface area contributed by atoms with Crippen LogP contribution in [0.4, 0.5) is 0 Å². The zero-order valence-corrected chi connectivity index (χ0v) is 21.9. The normalized spacial score (nSPS) is 15.0. The molecule has 1 aliphatic rings. The van der Waals surface area contributed by atoms with Gasteiger partial charge in [0.15, 0.2) is 0 Å². The summed E-state index contributed by atoms with van der Waals surface area (Å²) in [4.78, 5) is 28.7. The minimum absolute atomic E-state index is 0.00593. The second-order valence-corrected chi connectivity index (χ2v) is 10.0. The van der Waals surface area contributed by atoms with Crippen molar-refractivity contribution in [3.63, 3.8) is 0 Å². The quantitative estimate of drug-likeness (QED) is 0.430. The number of hydrogen-bond donors (Lipinski definition) is 1. The zero-order valence-electron chi connectivity index (χ0n) is 21.9. The topological polar surface area (TPSA) is 58.6 Å². The molecule has 1 fully saturated rings. The molecule has 190 valence electrons. The Labute approximate surface area is 211 Å². The molecule has 35 heavy (non-hydrogen) atoms. The van der Waals surface area contributed by atoms with Gasteiger partial charge in [-0.2, -0.15) is 0 Å². The van der Waals surface area contributed by atoms with Gasteiger partial charge in [-0.1, -0.05) is 76.4 Å². The minimum atomic E-state index is -0.487. The largest absolute Gasteiger partial charge is 0.497 e. The van der Waals surface area contributed by atoms with E-state index in [1.54, 1.807) is 12.0 Å². The van der Waals surface area contributed by atoms with E-state index in [-0.39, 0.29) is 17.9 Å². The van der Waals surface area contributed by atoms with Crippen molar-refractivity contribution >= 4 is 11.8 Å². The number of carbonyl (C=O) groups is 2. The summed E-state index contributed by atoms with van der Waals surface area (Å²) >= 11 is 0. The monoisotopic (exact) mass is 478 g/mol. The SMILES string of the molecule is CCC(C(=O)NC1CCCCC1)N(Cc1cccc(OC)c1)C(=O)CCc1ccc(C(C)C)cc1. The Morgan fingerprint density at radius 1 is 1.03 bits per heavy atom. The van der Waals surface area contributed by atoms with E-state index in [9.17, 15) is 9.59 Å². The first-order chi connectivity index (χ1) is 16.9. The summed E-state index contributed by atoms with van der Waals surface area (Å²) < 4.78 is 5.38. The number of amides is 2. The van der Waals surface area contributed by atoms with Gasteiger partial charge in [0.25, 0.3) is 0 Å². The van der Waals surface area contributed by atoms with Gasteiger partial charge in [0.1, 0.15) is 11.8 Å². The summed E-state index contributed by atoms with van der Waals surface area (Å²) in [6.45, 7) is 6.73. The molecule has 1 saturated carbocycles. The van der Waals surface area contributed by atoms with E-state index in [1.165, 1.54) is 12.0 Å². The van der Waals surface area contributed by atoms with Crippen molar-refractivity contribution in [3.8, 4) is 5.75 Å². The lowest BCUT2D eigenvalue weighted by Crippen LogP contribution is -2.51. The molecule has 0 bridgehead atoms. The number of benzene rings is 2. The fraction of sp³-hybridized carbons (Fsp3) is 0.533. The van der Waals surface area contributed by atoms with Crippen molar-refractivity contribution in [2.24, 2.45) is 0 Å². The number of ether oxygens (including phenoxy) is 1. The van der Waals surface area contributed by atoms with E-state index in [0.717, 1.165) is 42.6 Å². The second-order valence-electron chi connectivity index (χ2n) is 10.0. The number of rotatable bonds is 11. The van der Waals surface area contributed by atoms with Crippen LogP contribution in [0.1, 0.15) is 88.3 Å². The van der Waals surface area contributed by atoms with Gasteiger partial charge in [0.05, 0.1) is 7.11 Å². The van der Waals surface area contributed by atoms with Gasteiger partial charge in [0.2, 0.25) is 11.8 Å². The van der Waals surface area contributed by atoms with Crippen LogP contribution in [-0.2, 0) is 22.6 Å². The lowest BCUT2D eigenvalue weighted by molar-refractivity contribution is -0.141. The average Bonchev–Trinajstić information content (AvgIpc) is 2.88. The highest BCUT2D eigenvalue weighted by Gasteiger charge is 2.30. The van der Waals surface area contributed by atoms with Crippen molar-refractivity contribution in [2.75, 3.05) is 7.11 Å². The van der Waals surface area contributed by atoms with Gasteiger partial charge in [-0.25, -0.2) is 0 Å². The lowest BCUT2D eigenvalue weighted by Gasteiger charge is -2.33. The minimum Gasteiger partial charge on any atom is -0.497 e. The summed E-state index contributed by atoms with van der Waals surface area (Å²) in [6.07, 6.45) is 7.22. The molecule has 1 N–H and O–H groups in total. The molecule has 0 spiro atoms. The second kappa shape index (κ2) is 13.3. The Bertz CT molecular complexity index is 948. The van der Waals surface area contributed by atoms with Gasteiger partial charge in [-0.3, -0.25) is 9.59 Å². The Kier molecular flexibility index (Phi) is 10.2. The van der Waals surface area contributed by atoms with Crippen molar-refractivity contribution in [1.29, 1.82) is 0 Å². The molecule has 0 aromatic heterocycles. The summed E-state index contributed by atoms with van der Waals surface area (Å²) in [5.74, 6) is 1.21. The first kappa shape index (κ1) is 26.8. The molecule has 0 radical (unpaired) electrons. The van der Waals surface area contributed by atoms with Crippen molar-refractivity contribution in [3.05, 3.63) is 65.2 Å². The molecular formula is C30H42N2O3. The maximum atomic E-state index is 13.6. The maximum Gasteiger partial charge on any atom is 0.243 e. The first-order valence-electron chi connectivity index (χ1n) is 13.2. The van der Waals surface area contributed by atoms with Gasteiger partial charge < -0.3 is 15.0 Å². The smallest absolute Gasteiger partial charge is 0.243 e. The predicted octanol–water partition coefficient (Wildman–Crippen LogP) is 6.01. The van der Waals surface area contributed by atoms with Crippen LogP contribution in [0.15, 0.2) is 48.5 Å². The van der Waals surface area contributed by atoms with Crippen LogP contribution in [0.3, 0.4) is 0 Å². The highest BCUT2D eigenvalue weighted by molar-refractivity contribution is 5.88. The van der Waals surface area contributed by atoms with Gasteiger partial charge in [-0.05, 0) is 60.4 Å². The van der Waals surface area contributed by atoms with Crippen LogP contribution >= 0.6 is 0 Å². The molecule has 1 unspecified atom stereocenters. The number of methoxy groups -OCH3 is 1. The third-order valence-corrected chi connectivity index (χ3v) is 7.10. The molecule has 2 aromatic carbocycles. The number of carbonyl (C=O) groups excluding carboxylic acids is 2. The number of nitrogens with zero attached hydrogens (tertiary/aromatic N) is 1. The van der Waals surface area contributed by atoms with E-state index in [2.05, 4.69) is 43.4 Å². The predicted molar refractivity (Wildman–Crippen MR) is 141 cm³/mol. The number of aryl methyl sites for hydroxylation is 1. The van der Waals surface area contributed by atoms with Gasteiger partial charge in [0, 0.05) is 19.0 Å². The number of nitrogens with one attached hydrogen (secondary N) is 1. The van der Waals surface area contributed by atoms with Crippen molar-refractivity contribution in [2.45, 2.75) is 96.7 Å². The van der Waals surface area contributed by atoms with E-state index in [0.29, 0.717) is 31.7 Å². The summed E-state index contributed by atoms with van der Waals surface area (Å²) in [5.41, 5.74) is 3.40. The average molecular weight is 479 g/mol.